The van der Waals surface area contributed by atoms with Crippen LogP contribution in [0.1, 0.15) is 6.92 Å². The molecule has 0 saturated carbocycles. The smallest absolute Gasteiger partial charge is 0.329 e. The highest BCUT2D eigenvalue weighted by Gasteiger charge is 2.12. The Labute approximate surface area is 98.8 Å². The Bertz CT molecular complexity index is 424. The molecule has 0 aliphatic heterocycles. The molecule has 0 amide bonds. The average Bonchev–Trinajstić information content (AvgIpc) is 2.42. The third kappa shape index (κ3) is 4.62. The van der Waals surface area contributed by atoms with Gasteiger partial charge in [-0.2, -0.15) is 0 Å². The number of ether oxygens (including phenoxy) is 1. The van der Waals surface area contributed by atoms with Gasteiger partial charge in [0.05, 0.1) is 6.61 Å². The maximum Gasteiger partial charge on any atom is 0.329 e. The molecular formula is C5H9N2O4PS3. The van der Waals surface area contributed by atoms with Gasteiger partial charge in [-0.3, -0.25) is 4.79 Å². The molecule has 86 valence electrons. The number of hydrogen-bond donors (Lipinski definition) is 2. The normalized spacial score (nSPS) is 11.7. The third-order valence-corrected chi connectivity index (χ3v) is 4.96. The summed E-state index contributed by atoms with van der Waals surface area (Å²) in [6, 6.07) is 0. The fourth-order valence-corrected chi connectivity index (χ4v) is 3.08. The highest BCUT2D eigenvalue weighted by molar-refractivity contribution is 8.66. The summed E-state index contributed by atoms with van der Waals surface area (Å²) in [5.74, 6) is 0.0205. The molecule has 0 atom stereocenters. The Kier molecular flexibility index (Phi) is 4.75. The molecule has 6 nitrogen and oxygen atoms in total. The molecule has 1 rings (SSSR count). The Morgan fingerprint density at radius 2 is 2.40 bits per heavy atom. The minimum absolute atomic E-state index is 0.0205. The van der Waals surface area contributed by atoms with E-state index in [1.807, 2.05) is 0 Å². The van der Waals surface area contributed by atoms with Crippen molar-refractivity contribution in [3.05, 3.63) is 9.67 Å². The van der Waals surface area contributed by atoms with E-state index < -0.39 is 5.69 Å². The van der Waals surface area contributed by atoms with Gasteiger partial charge in [0.15, 0.2) is 0 Å². The van der Waals surface area contributed by atoms with Crippen LogP contribution in [0.4, 0.5) is 0 Å². The molecule has 0 aliphatic carbocycles. The molecule has 0 aromatic carbocycles. The van der Waals surface area contributed by atoms with Gasteiger partial charge in [0.2, 0.25) is 5.69 Å². The molecule has 10 heteroatoms. The van der Waals surface area contributed by atoms with Crippen molar-refractivity contribution < 1.29 is 14.5 Å². The summed E-state index contributed by atoms with van der Waals surface area (Å²) in [7, 11) is 0. The van der Waals surface area contributed by atoms with Gasteiger partial charge < -0.3 is 14.5 Å². The molecular weight excluding hydrogens is 279 g/mol. The molecule has 0 unspecified atom stereocenters. The molecule has 0 aliphatic rings. The summed E-state index contributed by atoms with van der Waals surface area (Å²) < 4.78 is 6.13. The van der Waals surface area contributed by atoms with Gasteiger partial charge in [0.25, 0.3) is 5.19 Å². The van der Waals surface area contributed by atoms with Gasteiger partial charge in [0, 0.05) is 0 Å². The van der Waals surface area contributed by atoms with Crippen LogP contribution < -0.4 is 9.61 Å². The van der Waals surface area contributed by atoms with Crippen LogP contribution >= 0.6 is 28.4 Å². The van der Waals surface area contributed by atoms with Gasteiger partial charge in [-0.25, -0.2) is 4.68 Å². The minimum atomic E-state index is -3.34. The maximum absolute atomic E-state index is 11.3. The van der Waals surface area contributed by atoms with Gasteiger partial charge in [-0.15, -0.1) is 5.10 Å². The Hall–Kier alpha value is 0.0800. The quantitative estimate of drug-likeness (QED) is 0.768. The first-order valence-electron chi connectivity index (χ1n) is 3.83. The number of rotatable bonds is 5. The zero-order valence-electron chi connectivity index (χ0n) is 7.69. The zero-order valence-corrected chi connectivity index (χ0v) is 11.0. The molecule has 1 aromatic rings. The van der Waals surface area contributed by atoms with Gasteiger partial charge >= 0.3 is 4.87 Å². The zero-order chi connectivity index (χ0) is 11.5. The van der Waals surface area contributed by atoms with Gasteiger partial charge in [0.1, 0.15) is 5.88 Å². The van der Waals surface area contributed by atoms with E-state index in [9.17, 15) is 4.79 Å². The summed E-state index contributed by atoms with van der Waals surface area (Å²) in [4.78, 5) is 28.9. The van der Waals surface area contributed by atoms with E-state index in [-0.39, 0.29) is 15.9 Å². The second kappa shape index (κ2) is 5.42. The molecule has 15 heavy (non-hydrogen) atoms. The molecule has 2 N–H and O–H groups in total. The summed E-state index contributed by atoms with van der Waals surface area (Å²) in [5, 5.41) is 4.10. The largest absolute Gasteiger partial charge is 0.469 e. The topological polar surface area (TPSA) is 84.6 Å². The lowest BCUT2D eigenvalue weighted by molar-refractivity contribution is 0.331. The highest BCUT2D eigenvalue weighted by atomic mass is 32.9. The standard InChI is InChI=1S/C5H9N2O4PS3/c1-2-11-4-6-7(5(8)15-4)3-14-12(9,10)13/h2-3H2,1H3,(H2,9,10,13). The summed E-state index contributed by atoms with van der Waals surface area (Å²) in [5.41, 5.74) is -3.34. The Balaban J connectivity index is 2.69. The van der Waals surface area contributed by atoms with E-state index in [2.05, 4.69) is 16.9 Å². The Morgan fingerprint density at radius 1 is 1.73 bits per heavy atom. The van der Waals surface area contributed by atoms with Crippen LogP contribution in [0.25, 0.3) is 0 Å². The fraction of sp³-hybridized carbons (Fsp3) is 0.600. The lowest BCUT2D eigenvalue weighted by Crippen LogP contribution is -2.12. The predicted molar refractivity (Wildman–Crippen MR) is 63.9 cm³/mol. The summed E-state index contributed by atoms with van der Waals surface area (Å²) >= 11 is 5.99. The molecule has 0 spiro atoms. The van der Waals surface area contributed by atoms with Crippen molar-refractivity contribution in [1.29, 1.82) is 0 Å². The highest BCUT2D eigenvalue weighted by Crippen LogP contribution is 2.51. The van der Waals surface area contributed by atoms with E-state index in [1.165, 1.54) is 0 Å². The van der Waals surface area contributed by atoms with E-state index >= 15 is 0 Å². The lowest BCUT2D eigenvalue weighted by Gasteiger charge is -2.04. The lowest BCUT2D eigenvalue weighted by atomic mass is 10.9. The number of aromatic nitrogens is 2. The van der Waals surface area contributed by atoms with Crippen LogP contribution in [0, 0.1) is 0 Å². The minimum Gasteiger partial charge on any atom is -0.469 e. The monoisotopic (exact) mass is 288 g/mol. The van der Waals surface area contributed by atoms with Crippen LogP contribution in [0.3, 0.4) is 0 Å². The van der Waals surface area contributed by atoms with Gasteiger partial charge in [-0.1, -0.05) is 0 Å². The van der Waals surface area contributed by atoms with Crippen LogP contribution in [0.15, 0.2) is 4.79 Å². The fourth-order valence-electron chi connectivity index (χ4n) is 0.680. The second-order valence-corrected chi connectivity index (χ2v) is 9.24. The van der Waals surface area contributed by atoms with Crippen LogP contribution in [0.2, 0.25) is 0 Å². The predicted octanol–water partition coefficient (Wildman–Crippen LogP) is 0.603. The van der Waals surface area contributed by atoms with Crippen molar-refractivity contribution in [2.75, 3.05) is 6.61 Å². The number of hydrogen-bond acceptors (Lipinski definition) is 6. The summed E-state index contributed by atoms with van der Waals surface area (Å²) in [6.07, 6.45) is 0. The van der Waals surface area contributed by atoms with Crippen molar-refractivity contribution in [1.82, 2.24) is 9.78 Å². The molecule has 0 saturated heterocycles. The average molecular weight is 288 g/mol. The first kappa shape index (κ1) is 13.1. The molecule has 1 heterocycles. The van der Waals surface area contributed by atoms with Crippen molar-refractivity contribution in [2.24, 2.45) is 0 Å². The molecule has 0 radical (unpaired) electrons. The maximum atomic E-state index is 11.3. The van der Waals surface area contributed by atoms with E-state index in [0.29, 0.717) is 6.61 Å². The SMILES string of the molecule is CCOc1nn(CSP(O)(O)=S)c(=O)s1. The molecule has 1 aromatic heterocycles. The van der Waals surface area contributed by atoms with Crippen LogP contribution in [-0.2, 0) is 17.7 Å². The van der Waals surface area contributed by atoms with Crippen molar-refractivity contribution in [3.63, 3.8) is 0 Å². The van der Waals surface area contributed by atoms with Crippen molar-refractivity contribution >= 4 is 40.2 Å². The van der Waals surface area contributed by atoms with Crippen molar-refractivity contribution in [3.8, 4) is 5.19 Å². The van der Waals surface area contributed by atoms with E-state index in [0.717, 1.165) is 27.4 Å². The van der Waals surface area contributed by atoms with Crippen molar-refractivity contribution in [2.45, 2.75) is 12.8 Å². The van der Waals surface area contributed by atoms with E-state index in [4.69, 9.17) is 14.5 Å². The number of nitrogens with zero attached hydrogens (tertiary/aromatic N) is 2. The molecule has 0 bridgehead atoms. The Morgan fingerprint density at radius 3 is 2.93 bits per heavy atom. The first-order valence-corrected chi connectivity index (χ1v) is 8.94. The second-order valence-electron chi connectivity index (χ2n) is 2.32. The van der Waals surface area contributed by atoms with Crippen LogP contribution in [0.5, 0.6) is 5.19 Å². The van der Waals surface area contributed by atoms with E-state index in [1.54, 1.807) is 6.92 Å². The molecule has 0 fully saturated rings. The first-order chi connectivity index (χ1) is 6.92. The third-order valence-electron chi connectivity index (χ3n) is 1.20. The van der Waals surface area contributed by atoms with Crippen LogP contribution in [-0.4, -0.2) is 26.2 Å². The summed E-state index contributed by atoms with van der Waals surface area (Å²) in [6.45, 7) is 2.21. The van der Waals surface area contributed by atoms with Gasteiger partial charge in [-0.05, 0) is 41.4 Å².